The zero-order chi connectivity index (χ0) is 14.7. The zero-order valence-corrected chi connectivity index (χ0v) is 12.1. The minimum absolute atomic E-state index is 0.0901. The topological polar surface area (TPSA) is 67.2 Å². The Morgan fingerprint density at radius 1 is 1.50 bits per heavy atom. The molecule has 0 fully saturated rings. The molecule has 2 aromatic rings. The Morgan fingerprint density at radius 3 is 2.80 bits per heavy atom. The molecule has 0 bridgehead atoms. The summed E-state index contributed by atoms with van der Waals surface area (Å²) in [5.74, 6) is -0.279. The van der Waals surface area contributed by atoms with Gasteiger partial charge in [-0.3, -0.25) is 9.48 Å². The largest absolute Gasteiger partial charge is 0.387 e. The molecule has 1 aromatic heterocycles. The molecule has 20 heavy (non-hydrogen) atoms. The number of halogens is 1. The predicted octanol–water partition coefficient (Wildman–Crippen LogP) is 1.85. The van der Waals surface area contributed by atoms with Crippen molar-refractivity contribution < 1.29 is 9.90 Å². The second kappa shape index (κ2) is 6.07. The standard InChI is InChI=1S/C14H16ClN3O2/c1-9-7-12(18(2)17-9)14(20)16-8-13(19)10-5-3-4-6-11(10)15/h3-7,13,19H,8H2,1-2H3,(H,16,20). The van der Waals surface area contributed by atoms with Crippen molar-refractivity contribution in [2.24, 2.45) is 7.05 Å². The van der Waals surface area contributed by atoms with E-state index in [4.69, 9.17) is 11.6 Å². The molecule has 2 rings (SSSR count). The lowest BCUT2D eigenvalue weighted by molar-refractivity contribution is 0.0907. The summed E-state index contributed by atoms with van der Waals surface area (Å²) in [6.45, 7) is 1.90. The van der Waals surface area contributed by atoms with Gasteiger partial charge in [0.15, 0.2) is 0 Å². The summed E-state index contributed by atoms with van der Waals surface area (Å²) in [6.07, 6.45) is -0.845. The Kier molecular flexibility index (Phi) is 4.42. The number of carbonyl (C=O) groups is 1. The van der Waals surface area contributed by atoms with Crippen molar-refractivity contribution in [1.29, 1.82) is 0 Å². The zero-order valence-electron chi connectivity index (χ0n) is 11.3. The van der Waals surface area contributed by atoms with Crippen molar-refractivity contribution >= 4 is 17.5 Å². The fraction of sp³-hybridized carbons (Fsp3) is 0.286. The maximum atomic E-state index is 12.0. The lowest BCUT2D eigenvalue weighted by Crippen LogP contribution is -2.30. The van der Waals surface area contributed by atoms with E-state index in [1.165, 1.54) is 4.68 Å². The van der Waals surface area contributed by atoms with Crippen molar-refractivity contribution in [3.05, 3.63) is 52.3 Å². The van der Waals surface area contributed by atoms with Crippen molar-refractivity contribution in [2.75, 3.05) is 6.54 Å². The number of rotatable bonds is 4. The molecule has 0 spiro atoms. The molecule has 0 saturated carbocycles. The number of hydrogen-bond donors (Lipinski definition) is 2. The molecule has 0 saturated heterocycles. The van der Waals surface area contributed by atoms with Crippen molar-refractivity contribution in [2.45, 2.75) is 13.0 Å². The molecule has 2 N–H and O–H groups in total. The molecule has 0 aliphatic heterocycles. The predicted molar refractivity (Wildman–Crippen MR) is 76.7 cm³/mol. The first-order valence-corrected chi connectivity index (χ1v) is 6.58. The van der Waals surface area contributed by atoms with Gasteiger partial charge in [-0.2, -0.15) is 5.10 Å². The Balaban J connectivity index is 2.00. The molecule has 1 aromatic carbocycles. The number of carbonyl (C=O) groups excluding carboxylic acids is 1. The summed E-state index contributed by atoms with van der Waals surface area (Å²) in [5, 5.41) is 17.3. The SMILES string of the molecule is Cc1cc(C(=O)NCC(O)c2ccccc2Cl)n(C)n1. The van der Waals surface area contributed by atoms with Gasteiger partial charge >= 0.3 is 0 Å². The highest BCUT2D eigenvalue weighted by Gasteiger charge is 2.15. The van der Waals surface area contributed by atoms with Gasteiger partial charge in [-0.1, -0.05) is 29.8 Å². The van der Waals surface area contributed by atoms with E-state index in [-0.39, 0.29) is 12.5 Å². The molecule has 1 atom stereocenters. The summed E-state index contributed by atoms with van der Waals surface area (Å²) in [4.78, 5) is 12.0. The van der Waals surface area contributed by atoms with E-state index in [9.17, 15) is 9.90 Å². The van der Waals surface area contributed by atoms with Gasteiger partial charge in [0.25, 0.3) is 5.91 Å². The van der Waals surface area contributed by atoms with Crippen LogP contribution in [0.5, 0.6) is 0 Å². The van der Waals surface area contributed by atoms with E-state index in [2.05, 4.69) is 10.4 Å². The molecule has 1 unspecified atom stereocenters. The van der Waals surface area contributed by atoms with Crippen LogP contribution < -0.4 is 5.32 Å². The minimum atomic E-state index is -0.845. The summed E-state index contributed by atoms with van der Waals surface area (Å²) in [7, 11) is 1.70. The van der Waals surface area contributed by atoms with Gasteiger partial charge in [-0.05, 0) is 19.1 Å². The Morgan fingerprint density at radius 2 is 2.20 bits per heavy atom. The van der Waals surface area contributed by atoms with E-state index in [0.29, 0.717) is 16.3 Å². The van der Waals surface area contributed by atoms with Crippen molar-refractivity contribution in [1.82, 2.24) is 15.1 Å². The quantitative estimate of drug-likeness (QED) is 0.904. The lowest BCUT2D eigenvalue weighted by Gasteiger charge is -2.13. The van der Waals surface area contributed by atoms with Gasteiger partial charge in [0.1, 0.15) is 5.69 Å². The number of hydrogen-bond acceptors (Lipinski definition) is 3. The van der Waals surface area contributed by atoms with Crippen LogP contribution in [0.1, 0.15) is 27.8 Å². The summed E-state index contributed by atoms with van der Waals surface area (Å²) in [5.41, 5.74) is 1.81. The monoisotopic (exact) mass is 293 g/mol. The highest BCUT2D eigenvalue weighted by Crippen LogP contribution is 2.21. The van der Waals surface area contributed by atoms with E-state index in [1.807, 2.05) is 6.92 Å². The van der Waals surface area contributed by atoms with E-state index in [1.54, 1.807) is 37.4 Å². The third-order valence-electron chi connectivity index (χ3n) is 2.95. The Bertz CT molecular complexity index is 625. The number of aryl methyl sites for hydroxylation is 2. The van der Waals surface area contributed by atoms with Gasteiger partial charge in [-0.25, -0.2) is 0 Å². The molecule has 6 heteroatoms. The first-order valence-electron chi connectivity index (χ1n) is 6.20. The molecular formula is C14H16ClN3O2. The van der Waals surface area contributed by atoms with Gasteiger partial charge in [0.05, 0.1) is 11.8 Å². The van der Waals surface area contributed by atoms with E-state index >= 15 is 0 Å². The molecule has 1 heterocycles. The van der Waals surface area contributed by atoms with Crippen LogP contribution in [0.15, 0.2) is 30.3 Å². The van der Waals surface area contributed by atoms with Crippen LogP contribution in [0.4, 0.5) is 0 Å². The van der Waals surface area contributed by atoms with Crippen LogP contribution in [0, 0.1) is 6.92 Å². The van der Waals surface area contributed by atoms with Crippen LogP contribution in [0.2, 0.25) is 5.02 Å². The number of aromatic nitrogens is 2. The van der Waals surface area contributed by atoms with Crippen LogP contribution >= 0.6 is 11.6 Å². The number of nitrogens with one attached hydrogen (secondary N) is 1. The minimum Gasteiger partial charge on any atom is -0.387 e. The summed E-state index contributed by atoms with van der Waals surface area (Å²) >= 11 is 5.99. The van der Waals surface area contributed by atoms with Gasteiger partial charge in [-0.15, -0.1) is 0 Å². The first-order chi connectivity index (χ1) is 9.49. The van der Waals surface area contributed by atoms with E-state index < -0.39 is 6.10 Å². The second-order valence-electron chi connectivity index (χ2n) is 4.54. The molecule has 5 nitrogen and oxygen atoms in total. The molecule has 0 aliphatic carbocycles. The number of benzene rings is 1. The maximum absolute atomic E-state index is 12.0. The number of nitrogens with zero attached hydrogens (tertiary/aromatic N) is 2. The average Bonchev–Trinajstić information content (AvgIpc) is 2.75. The molecule has 0 aliphatic rings. The molecule has 1 amide bonds. The number of aliphatic hydroxyl groups excluding tert-OH is 1. The maximum Gasteiger partial charge on any atom is 0.269 e. The normalized spacial score (nSPS) is 12.2. The Hall–Kier alpha value is -1.85. The lowest BCUT2D eigenvalue weighted by atomic mass is 10.1. The Labute approximate surface area is 122 Å². The van der Waals surface area contributed by atoms with Crippen molar-refractivity contribution in [3.8, 4) is 0 Å². The molecule has 0 radical (unpaired) electrons. The van der Waals surface area contributed by atoms with Gasteiger partial charge in [0.2, 0.25) is 0 Å². The van der Waals surface area contributed by atoms with Gasteiger partial charge in [0, 0.05) is 24.2 Å². The number of aliphatic hydroxyl groups is 1. The summed E-state index contributed by atoms with van der Waals surface area (Å²) < 4.78 is 1.51. The third kappa shape index (κ3) is 3.18. The fourth-order valence-corrected chi connectivity index (χ4v) is 2.22. The summed E-state index contributed by atoms with van der Waals surface area (Å²) in [6, 6.07) is 8.70. The van der Waals surface area contributed by atoms with Gasteiger partial charge < -0.3 is 10.4 Å². The van der Waals surface area contributed by atoms with Crippen LogP contribution in [0.3, 0.4) is 0 Å². The second-order valence-corrected chi connectivity index (χ2v) is 4.95. The van der Waals surface area contributed by atoms with Crippen LogP contribution in [-0.4, -0.2) is 27.3 Å². The third-order valence-corrected chi connectivity index (χ3v) is 3.30. The average molecular weight is 294 g/mol. The molecular weight excluding hydrogens is 278 g/mol. The van der Waals surface area contributed by atoms with Crippen LogP contribution in [-0.2, 0) is 7.05 Å². The first kappa shape index (κ1) is 14.6. The fourth-order valence-electron chi connectivity index (χ4n) is 1.96. The van der Waals surface area contributed by atoms with Crippen LogP contribution in [0.25, 0.3) is 0 Å². The number of amides is 1. The highest BCUT2D eigenvalue weighted by molar-refractivity contribution is 6.31. The molecule has 106 valence electrons. The van der Waals surface area contributed by atoms with Crippen molar-refractivity contribution in [3.63, 3.8) is 0 Å². The smallest absolute Gasteiger partial charge is 0.269 e. The highest BCUT2D eigenvalue weighted by atomic mass is 35.5. The van der Waals surface area contributed by atoms with E-state index in [0.717, 1.165) is 5.69 Å².